The zero-order valence-electron chi connectivity index (χ0n) is 16.6. The molecule has 4 rings (SSSR count). The number of ether oxygens (including phenoxy) is 2. The van der Waals surface area contributed by atoms with Gasteiger partial charge in [0.1, 0.15) is 22.9 Å². The second-order valence-electron chi connectivity index (χ2n) is 7.18. The van der Waals surface area contributed by atoms with E-state index in [0.717, 1.165) is 19.5 Å². The van der Waals surface area contributed by atoms with E-state index in [2.05, 4.69) is 4.98 Å². The van der Waals surface area contributed by atoms with E-state index >= 15 is 0 Å². The van der Waals surface area contributed by atoms with Crippen molar-refractivity contribution in [3.8, 4) is 5.75 Å². The minimum atomic E-state index is -4.01. The Balaban J connectivity index is 1.50. The van der Waals surface area contributed by atoms with Gasteiger partial charge >= 0.3 is 0 Å². The minimum Gasteiger partial charge on any atom is -0.486 e. The average Bonchev–Trinajstić information content (AvgIpc) is 3.20. The molecule has 0 aliphatic carbocycles. The number of morpholine rings is 1. The number of benzene rings is 2. The molecule has 11 heteroatoms. The summed E-state index contributed by atoms with van der Waals surface area (Å²) >= 11 is 1.54. The highest BCUT2D eigenvalue weighted by Gasteiger charge is 2.48. The molecular formula is C20H21N3O6S2. The largest absolute Gasteiger partial charge is 0.486 e. The summed E-state index contributed by atoms with van der Waals surface area (Å²) in [6.45, 7) is 1.65. The van der Waals surface area contributed by atoms with Crippen LogP contribution in [0.25, 0.3) is 10.2 Å². The van der Waals surface area contributed by atoms with Gasteiger partial charge in [0.25, 0.3) is 5.91 Å². The lowest BCUT2D eigenvalue weighted by molar-refractivity contribution is -0.146. The van der Waals surface area contributed by atoms with Crippen LogP contribution in [0.2, 0.25) is 0 Å². The Bertz CT molecular complexity index is 1160. The lowest BCUT2D eigenvalue weighted by atomic mass is 10.0. The van der Waals surface area contributed by atoms with Gasteiger partial charge in [-0.3, -0.25) is 10.0 Å². The summed E-state index contributed by atoms with van der Waals surface area (Å²) in [7, 11) is -4.01. The quantitative estimate of drug-likeness (QED) is 0.425. The van der Waals surface area contributed by atoms with Gasteiger partial charge in [-0.2, -0.15) is 4.31 Å². The molecule has 9 nitrogen and oxygen atoms in total. The lowest BCUT2D eigenvalue weighted by Crippen LogP contribution is -2.64. The van der Waals surface area contributed by atoms with Crippen LogP contribution in [-0.2, 0) is 26.2 Å². The number of para-hydroxylation sites is 1. The van der Waals surface area contributed by atoms with Crippen LogP contribution in [0.4, 0.5) is 0 Å². The number of hydroxylamine groups is 1. The van der Waals surface area contributed by atoms with Crippen LogP contribution >= 0.6 is 11.3 Å². The Morgan fingerprint density at radius 1 is 1.29 bits per heavy atom. The molecule has 3 aromatic rings. The molecule has 2 aromatic carbocycles. The number of carbonyl (C=O) groups is 1. The molecule has 0 bridgehead atoms. The van der Waals surface area contributed by atoms with E-state index in [1.807, 2.05) is 24.3 Å². The van der Waals surface area contributed by atoms with Crippen molar-refractivity contribution in [3.63, 3.8) is 0 Å². The number of hydrogen-bond donors (Lipinski definition) is 2. The van der Waals surface area contributed by atoms with E-state index < -0.39 is 21.5 Å². The molecule has 0 unspecified atom stereocenters. The molecule has 0 spiro atoms. The summed E-state index contributed by atoms with van der Waals surface area (Å²) in [5, 5.41) is 9.86. The number of aromatic nitrogens is 1. The SMILES string of the molecule is C[C@]1(C(=O)NO)COCCN1S(=O)(=O)c1ccc(OCc2nc3ccccc3s2)cc1. The third-order valence-electron chi connectivity index (χ3n) is 5.08. The van der Waals surface area contributed by atoms with Gasteiger partial charge in [0.05, 0.1) is 28.3 Å². The third kappa shape index (κ3) is 4.14. The first-order chi connectivity index (χ1) is 14.8. The highest BCUT2D eigenvalue weighted by molar-refractivity contribution is 7.89. The number of amides is 1. The van der Waals surface area contributed by atoms with Crippen molar-refractivity contribution in [3.05, 3.63) is 53.5 Å². The minimum absolute atomic E-state index is 0.0118. The Hall–Kier alpha value is -2.57. The summed E-state index contributed by atoms with van der Waals surface area (Å²) in [4.78, 5) is 16.7. The molecule has 1 aromatic heterocycles. The van der Waals surface area contributed by atoms with Crippen LogP contribution in [-0.4, -0.2) is 54.1 Å². The number of nitrogens with zero attached hydrogens (tertiary/aromatic N) is 2. The van der Waals surface area contributed by atoms with Gasteiger partial charge in [-0.1, -0.05) is 12.1 Å². The average molecular weight is 464 g/mol. The van der Waals surface area contributed by atoms with Crippen LogP contribution in [0, 0.1) is 0 Å². The number of sulfonamides is 1. The summed E-state index contributed by atoms with van der Waals surface area (Å²) in [6, 6.07) is 13.8. The van der Waals surface area contributed by atoms with Gasteiger partial charge in [0.15, 0.2) is 0 Å². The Morgan fingerprint density at radius 3 is 2.74 bits per heavy atom. The fourth-order valence-corrected chi connectivity index (χ4v) is 5.98. The molecule has 2 heterocycles. The smallest absolute Gasteiger partial charge is 0.266 e. The number of thiazole rings is 1. The molecule has 0 radical (unpaired) electrons. The van der Waals surface area contributed by atoms with Crippen molar-refractivity contribution < 1.29 is 27.9 Å². The molecule has 1 amide bonds. The molecule has 1 aliphatic rings. The number of nitrogens with one attached hydrogen (secondary N) is 1. The zero-order valence-corrected chi connectivity index (χ0v) is 18.3. The van der Waals surface area contributed by atoms with Crippen molar-refractivity contribution in [1.82, 2.24) is 14.8 Å². The normalized spacial score (nSPS) is 19.9. The van der Waals surface area contributed by atoms with Gasteiger partial charge in [-0.25, -0.2) is 18.9 Å². The molecule has 1 atom stereocenters. The molecule has 0 saturated carbocycles. The number of rotatable bonds is 6. The molecular weight excluding hydrogens is 442 g/mol. The van der Waals surface area contributed by atoms with E-state index in [9.17, 15) is 13.2 Å². The number of hydrogen-bond acceptors (Lipinski definition) is 8. The van der Waals surface area contributed by atoms with E-state index in [1.165, 1.54) is 35.9 Å². The highest BCUT2D eigenvalue weighted by Crippen LogP contribution is 2.29. The molecule has 164 valence electrons. The number of carbonyl (C=O) groups excluding carboxylic acids is 1. The molecule has 1 aliphatic heterocycles. The third-order valence-corrected chi connectivity index (χ3v) is 8.12. The van der Waals surface area contributed by atoms with Crippen molar-refractivity contribution in [2.45, 2.75) is 24.0 Å². The van der Waals surface area contributed by atoms with Crippen molar-refractivity contribution >= 4 is 37.5 Å². The van der Waals surface area contributed by atoms with Crippen LogP contribution in [0.15, 0.2) is 53.4 Å². The van der Waals surface area contributed by atoms with Gasteiger partial charge in [0, 0.05) is 6.54 Å². The fraction of sp³-hybridized carbons (Fsp3) is 0.300. The summed E-state index contributed by atoms with van der Waals surface area (Å²) in [5.74, 6) is -0.359. The Labute approximate surface area is 183 Å². The molecule has 2 N–H and O–H groups in total. The van der Waals surface area contributed by atoms with E-state index in [4.69, 9.17) is 14.7 Å². The van der Waals surface area contributed by atoms with Crippen molar-refractivity contribution in [1.29, 1.82) is 0 Å². The predicted octanol–water partition coefficient (Wildman–Crippen LogP) is 2.16. The second kappa shape index (κ2) is 8.52. The van der Waals surface area contributed by atoms with Gasteiger partial charge in [0.2, 0.25) is 10.0 Å². The Morgan fingerprint density at radius 2 is 2.03 bits per heavy atom. The standard InChI is InChI=1S/C20H21N3O6S2/c1-20(19(24)22-25)13-28-11-10-23(20)31(26,27)15-8-6-14(7-9-15)29-12-18-21-16-4-2-3-5-17(16)30-18/h2-9,25H,10-13H2,1H3,(H,22,24)/t20-/m1/s1. The summed E-state index contributed by atoms with van der Waals surface area (Å²) in [5.41, 5.74) is 0.878. The lowest BCUT2D eigenvalue weighted by Gasteiger charge is -2.41. The van der Waals surface area contributed by atoms with Crippen LogP contribution in [0.1, 0.15) is 11.9 Å². The maximum Gasteiger partial charge on any atom is 0.266 e. The number of fused-ring (bicyclic) bond motifs is 1. The van der Waals surface area contributed by atoms with Crippen molar-refractivity contribution in [2.75, 3.05) is 19.8 Å². The monoisotopic (exact) mass is 463 g/mol. The topological polar surface area (TPSA) is 118 Å². The zero-order chi connectivity index (χ0) is 22.1. The van der Waals surface area contributed by atoms with Crippen molar-refractivity contribution in [2.24, 2.45) is 0 Å². The van der Waals surface area contributed by atoms with Gasteiger partial charge in [-0.05, 0) is 43.3 Å². The fourth-order valence-electron chi connectivity index (χ4n) is 3.38. The van der Waals surface area contributed by atoms with Gasteiger partial charge in [-0.15, -0.1) is 11.3 Å². The van der Waals surface area contributed by atoms with Crippen LogP contribution < -0.4 is 10.2 Å². The maximum atomic E-state index is 13.2. The van der Waals surface area contributed by atoms with Crippen LogP contribution in [0.5, 0.6) is 5.75 Å². The highest BCUT2D eigenvalue weighted by atomic mass is 32.2. The second-order valence-corrected chi connectivity index (χ2v) is 10.2. The summed E-state index contributed by atoms with van der Waals surface area (Å²) in [6.07, 6.45) is 0. The van der Waals surface area contributed by atoms with Crippen LogP contribution in [0.3, 0.4) is 0 Å². The van der Waals surface area contributed by atoms with E-state index in [0.29, 0.717) is 5.75 Å². The first-order valence-electron chi connectivity index (χ1n) is 9.47. The van der Waals surface area contributed by atoms with E-state index in [1.54, 1.807) is 12.1 Å². The Kier molecular flexibility index (Phi) is 5.95. The maximum absolute atomic E-state index is 13.2. The molecule has 31 heavy (non-hydrogen) atoms. The molecule has 1 fully saturated rings. The van der Waals surface area contributed by atoms with Gasteiger partial charge < -0.3 is 9.47 Å². The van der Waals surface area contributed by atoms with E-state index in [-0.39, 0.29) is 31.3 Å². The first kappa shape index (κ1) is 21.7. The predicted molar refractivity (Wildman–Crippen MR) is 113 cm³/mol. The molecule has 1 saturated heterocycles. The first-order valence-corrected chi connectivity index (χ1v) is 11.7. The summed E-state index contributed by atoms with van der Waals surface area (Å²) < 4.78 is 39.5.